The Balaban J connectivity index is 0.000000194. The molecule has 0 radical (unpaired) electrons. The van der Waals surface area contributed by atoms with Crippen LogP contribution >= 0.6 is 0 Å². The average molecular weight is 2120 g/mol. The van der Waals surface area contributed by atoms with Crippen LogP contribution in [0.15, 0.2) is 263 Å². The topological polar surface area (TPSA) is 609 Å². The minimum Gasteiger partial charge on any atom is -0.497 e. The van der Waals surface area contributed by atoms with Crippen LogP contribution in [0.3, 0.4) is 0 Å². The largest absolute Gasteiger partial charge is 0.497 e. The molecule has 0 fully saturated rings. The van der Waals surface area contributed by atoms with Crippen molar-refractivity contribution in [1.29, 1.82) is 0 Å². The Morgan fingerprint density at radius 1 is 0.277 bits per heavy atom. The summed E-state index contributed by atoms with van der Waals surface area (Å²) in [5, 5.41) is 22.2. The summed E-state index contributed by atoms with van der Waals surface area (Å²) in [5.74, 6) is -4.39. The Morgan fingerprint density at radius 2 is 0.432 bits per heavy atom. The van der Waals surface area contributed by atoms with Crippen LogP contribution in [-0.2, 0) is 96.2 Å². The van der Waals surface area contributed by atoms with Crippen molar-refractivity contribution in [3.63, 3.8) is 0 Å². The smallest absolute Gasteiger partial charge is 0.306 e. The molecule has 4 aliphatic heterocycles. The number of carboxylic acid groups (broad SMARTS) is 3. The number of carbonyl (C=O) groups excluding carboxylic acids is 4. The molecular weight excluding hydrogens is 2020 g/mol. The molecule has 42 nitrogen and oxygen atoms in total. The van der Waals surface area contributed by atoms with Crippen LogP contribution in [0, 0.1) is 23.3 Å². The fraction of sp³-hybridized carbons (Fsp3) is 0.194. The third-order valence-electron chi connectivity index (χ3n) is 21.5. The third-order valence-corrected chi connectivity index (χ3v) is 23.5. The minimum atomic E-state index is -3.73. The number of aliphatic imine (C=N–C) groups is 4. The maximum atomic E-state index is 14.9. The molecule has 0 aliphatic carbocycles. The zero-order chi connectivity index (χ0) is 109. The van der Waals surface area contributed by atoms with E-state index in [0.717, 1.165) is 45.8 Å². The fourth-order valence-electron chi connectivity index (χ4n) is 15.0. The molecule has 8 heterocycles. The highest BCUT2D eigenvalue weighted by atomic mass is 32.2. The molecule has 4 aromatic heterocycles. The van der Waals surface area contributed by atoms with E-state index < -0.39 is 127 Å². The predicted molar refractivity (Wildman–Crippen MR) is 533 cm³/mol. The number of guanidine groups is 4. The van der Waals surface area contributed by atoms with Gasteiger partial charge in [0.2, 0.25) is 0 Å². The molecule has 16 rings (SSSR count). The van der Waals surface area contributed by atoms with Crippen LogP contribution in [0.1, 0.15) is 65.3 Å². The van der Waals surface area contributed by atoms with Crippen molar-refractivity contribution < 1.29 is 136 Å². The quantitative estimate of drug-likeness (QED) is 0.0219. The van der Waals surface area contributed by atoms with Crippen LogP contribution in [0.25, 0.3) is 45.0 Å². The summed E-state index contributed by atoms with van der Waals surface area (Å²) >= 11 is 0. The number of amides is 4. The molecule has 0 saturated heterocycles. The Labute approximate surface area is 845 Å². The highest BCUT2D eigenvalue weighted by Gasteiger charge is 2.54. The van der Waals surface area contributed by atoms with Gasteiger partial charge in [-0.15, -0.1) is 0 Å². The number of carbonyl (C=O) groups is 7. The number of likely N-dealkylation sites (N-methyl/N-ethyl adjacent to an activating group) is 4. The summed E-state index contributed by atoms with van der Waals surface area (Å²) in [4.78, 5) is 120. The lowest BCUT2D eigenvalue weighted by molar-refractivity contribution is -0.135. The number of aliphatic carboxylic acids is 3. The number of rotatable bonds is 24. The maximum Gasteiger partial charge on any atom is 0.306 e. The van der Waals surface area contributed by atoms with E-state index in [1.807, 2.05) is 0 Å². The van der Waals surface area contributed by atoms with Crippen molar-refractivity contribution in [2.24, 2.45) is 42.9 Å². The van der Waals surface area contributed by atoms with Gasteiger partial charge in [0.15, 0.2) is 46.0 Å². The second-order valence-electron chi connectivity index (χ2n) is 32.1. The lowest BCUT2D eigenvalue weighted by Crippen LogP contribution is -2.41. The first-order valence-corrected chi connectivity index (χ1v) is 50.0. The number of pyridine rings is 4. The van der Waals surface area contributed by atoms with Gasteiger partial charge in [0.25, 0.3) is 41.5 Å². The molecule has 11 N–H and O–H groups in total. The van der Waals surface area contributed by atoms with Crippen molar-refractivity contribution >= 4 is 106 Å². The number of nitrogens with zero attached hydrogens (tertiary/aromatic N) is 12. The molecule has 12 aromatic rings. The van der Waals surface area contributed by atoms with Crippen LogP contribution in [0.5, 0.6) is 46.0 Å². The summed E-state index contributed by atoms with van der Waals surface area (Å²) in [6.45, 7) is 3.25. The van der Waals surface area contributed by atoms with E-state index in [4.69, 9.17) is 88.3 Å². The van der Waals surface area contributed by atoms with Crippen molar-refractivity contribution in [3.8, 4) is 91.0 Å². The van der Waals surface area contributed by atoms with Crippen LogP contribution in [-0.4, -0.2) is 236 Å². The second kappa shape index (κ2) is 46.0. The number of aromatic nitrogens is 4. The van der Waals surface area contributed by atoms with Crippen LogP contribution in [0.2, 0.25) is 0 Å². The van der Waals surface area contributed by atoms with Gasteiger partial charge in [-0.05, 0) is 166 Å². The van der Waals surface area contributed by atoms with E-state index in [2.05, 4.69) is 39.9 Å². The van der Waals surface area contributed by atoms with Gasteiger partial charge in [-0.25, -0.2) is 37.5 Å². The molecular formula is C98H96F4N16O26S4. The maximum absolute atomic E-state index is 14.9. The molecule has 0 saturated carbocycles. The highest BCUT2D eigenvalue weighted by molar-refractivity contribution is 7.87. The van der Waals surface area contributed by atoms with E-state index in [0.29, 0.717) is 90.3 Å². The molecule has 0 bridgehead atoms. The molecule has 0 spiro atoms. The molecule has 4 aliphatic rings. The minimum absolute atomic E-state index is 0.0214. The van der Waals surface area contributed by atoms with Gasteiger partial charge < -0.3 is 73.9 Å². The Bertz CT molecular complexity index is 6840. The number of methoxy groups -OCH3 is 4. The Kier molecular flexibility index (Phi) is 34.9. The number of ether oxygens (including phenoxy) is 4. The third kappa shape index (κ3) is 26.2. The number of hydrogen-bond acceptors (Lipinski definition) is 35. The van der Waals surface area contributed by atoms with Crippen LogP contribution in [0.4, 0.5) is 17.6 Å². The van der Waals surface area contributed by atoms with Crippen molar-refractivity contribution in [3.05, 3.63) is 311 Å². The number of benzene rings is 8. The second-order valence-corrected chi connectivity index (χ2v) is 38.4. The first-order chi connectivity index (χ1) is 69.4. The number of nitrogens with two attached hydrogens (primary N) is 4. The first-order valence-electron chi connectivity index (χ1n) is 42.7. The fourth-order valence-corrected chi connectivity index (χ4v) is 16.8. The van der Waals surface area contributed by atoms with Gasteiger partial charge in [-0.2, -0.15) is 33.7 Å². The lowest BCUT2D eigenvalue weighted by Gasteiger charge is -2.26. The van der Waals surface area contributed by atoms with E-state index in [1.165, 1.54) is 271 Å². The average Bonchev–Trinajstić information content (AvgIpc) is 1.60. The first kappa shape index (κ1) is 112. The Morgan fingerprint density at radius 3 is 0.568 bits per heavy atom. The SMILES string of the molecule is CC(=O)O.CC(=O)O.CC(=O)O.COc1ccnc(-c2cc(C3(c4ccc(OS(C)(=O)=O)cc4)N=C(N)N(C)C3=O)ccc2F)c1.COc1ccnc(-c2cc(C3(c4ccc(OS(C)(=O)=O)cc4)N=C(N)N(C)C3=O)ccc2F)c1.COc1ccnc(-c2cc(C3(c4ccc(OS(C)(=O)=O)cc4)N=C(N)N(C)C3=O)ccc2F)c1.COc1ccnc(-c2cc(C3(c4ccc(OS(C)(=O)=O)cc4)N=C(N)N(C)C3=O)ccc2F)c1. The predicted octanol–water partition coefficient (Wildman–Crippen LogP) is 9.33. The summed E-state index contributed by atoms with van der Waals surface area (Å²) in [7, 11) is -3.04. The van der Waals surface area contributed by atoms with Crippen LogP contribution < -0.4 is 58.6 Å². The van der Waals surface area contributed by atoms with E-state index in [9.17, 15) is 70.4 Å². The van der Waals surface area contributed by atoms with Gasteiger partial charge in [0, 0.05) is 120 Å². The van der Waals surface area contributed by atoms with Gasteiger partial charge in [-0.1, -0.05) is 72.8 Å². The van der Waals surface area contributed by atoms with Gasteiger partial charge in [0.1, 0.15) is 69.3 Å². The standard InChI is InChI=1S/4C23H21FN4O5S.3C2H4O2/c4*1-28-21(29)23(27-22(28)25,14-4-7-16(8-5-14)33-34(3,30)31)15-6-9-19(24)18(12-15)20-13-17(32-2)10-11-26-20;3*1-2(3)4/h4*4-13H,1-3H3,(H2,25,27);3*1H3,(H,3,4). The molecule has 4 atom stereocenters. The summed E-state index contributed by atoms with van der Waals surface area (Å²) in [6, 6.07) is 52.9. The number of carboxylic acids is 3. The van der Waals surface area contributed by atoms with E-state index in [1.54, 1.807) is 48.5 Å². The van der Waals surface area contributed by atoms with Crippen molar-refractivity contribution in [2.45, 2.75) is 42.9 Å². The summed E-state index contributed by atoms with van der Waals surface area (Å²) < 4.78 is 191. The molecule has 50 heteroatoms. The summed E-state index contributed by atoms with van der Waals surface area (Å²) in [5.41, 5.74) is 22.3. The van der Waals surface area contributed by atoms with E-state index in [-0.39, 0.29) is 69.1 Å². The van der Waals surface area contributed by atoms with Gasteiger partial charge >= 0.3 is 40.5 Å². The molecule has 4 amide bonds. The summed E-state index contributed by atoms with van der Waals surface area (Å²) in [6.07, 6.45) is 9.65. The Hall–Kier alpha value is -17.6. The molecule has 148 heavy (non-hydrogen) atoms. The zero-order valence-electron chi connectivity index (χ0n) is 81.1. The zero-order valence-corrected chi connectivity index (χ0v) is 84.4. The monoisotopic (exact) mass is 2120 g/mol. The van der Waals surface area contributed by atoms with Gasteiger partial charge in [0.05, 0.1) is 76.2 Å². The highest BCUT2D eigenvalue weighted by Crippen LogP contribution is 2.48. The molecule has 8 aromatic carbocycles. The molecule has 776 valence electrons. The van der Waals surface area contributed by atoms with Gasteiger partial charge in [-0.3, -0.25) is 73.1 Å². The van der Waals surface area contributed by atoms with E-state index >= 15 is 0 Å². The van der Waals surface area contributed by atoms with Crippen molar-refractivity contribution in [2.75, 3.05) is 81.7 Å². The lowest BCUT2D eigenvalue weighted by atomic mass is 9.82. The number of hydrogen-bond donors (Lipinski definition) is 7. The molecule has 4 unspecified atom stereocenters. The van der Waals surface area contributed by atoms with Crippen molar-refractivity contribution in [1.82, 2.24) is 39.5 Å². The number of halogens is 4. The normalized spacial score (nSPS) is 17.1.